The van der Waals surface area contributed by atoms with Crippen LogP contribution in [-0.4, -0.2) is 25.6 Å². The molecule has 0 radical (unpaired) electrons. The Labute approximate surface area is 163 Å². The molecule has 1 fully saturated rings. The van der Waals surface area contributed by atoms with Gasteiger partial charge in [0.05, 0.1) is 19.1 Å². The fourth-order valence-electron chi connectivity index (χ4n) is 3.80. The van der Waals surface area contributed by atoms with Gasteiger partial charge < -0.3 is 14.8 Å². The van der Waals surface area contributed by atoms with Gasteiger partial charge in [0.25, 0.3) is 0 Å². The summed E-state index contributed by atoms with van der Waals surface area (Å²) in [4.78, 5) is 25.4. The van der Waals surface area contributed by atoms with Crippen molar-refractivity contribution in [1.82, 2.24) is 0 Å². The first-order valence-corrected chi connectivity index (χ1v) is 9.43. The topological polar surface area (TPSA) is 64.6 Å². The molecule has 1 N–H and O–H groups in total. The van der Waals surface area contributed by atoms with Crippen molar-refractivity contribution in [2.24, 2.45) is 0 Å². The zero-order valence-corrected chi connectivity index (χ0v) is 16.1. The van der Waals surface area contributed by atoms with Gasteiger partial charge in [0.2, 0.25) is 5.91 Å². The summed E-state index contributed by atoms with van der Waals surface area (Å²) < 4.78 is 23.6. The molecule has 0 aliphatic heterocycles. The lowest BCUT2D eigenvalue weighted by Crippen LogP contribution is -2.38. The van der Waals surface area contributed by atoms with Crippen molar-refractivity contribution in [3.63, 3.8) is 0 Å². The maximum absolute atomic E-state index is 13.3. The summed E-state index contributed by atoms with van der Waals surface area (Å²) in [5, 5.41) is 2.93. The molecule has 1 aliphatic carbocycles. The van der Waals surface area contributed by atoms with E-state index in [0.717, 1.165) is 18.4 Å². The van der Waals surface area contributed by atoms with E-state index in [0.29, 0.717) is 24.3 Å². The van der Waals surface area contributed by atoms with Gasteiger partial charge >= 0.3 is 5.97 Å². The van der Waals surface area contributed by atoms with Gasteiger partial charge in [-0.2, -0.15) is 0 Å². The van der Waals surface area contributed by atoms with Crippen LogP contribution in [0.1, 0.15) is 48.5 Å². The zero-order chi connectivity index (χ0) is 20.1. The van der Waals surface area contributed by atoms with Gasteiger partial charge in [0, 0.05) is 5.69 Å². The Morgan fingerprint density at radius 2 is 1.79 bits per heavy atom. The third-order valence-electron chi connectivity index (χ3n) is 5.24. The second-order valence-corrected chi connectivity index (χ2v) is 6.89. The Bertz CT molecular complexity index is 857. The fraction of sp³-hybridized carbons (Fsp3) is 0.364. The summed E-state index contributed by atoms with van der Waals surface area (Å²) in [7, 11) is 1.47. The molecule has 0 aromatic heterocycles. The highest BCUT2D eigenvalue weighted by molar-refractivity contribution is 6.01. The van der Waals surface area contributed by atoms with Crippen molar-refractivity contribution in [1.29, 1.82) is 0 Å². The zero-order valence-electron chi connectivity index (χ0n) is 16.1. The largest absolute Gasteiger partial charge is 0.496 e. The van der Waals surface area contributed by atoms with E-state index in [1.54, 1.807) is 37.3 Å². The second-order valence-electron chi connectivity index (χ2n) is 6.89. The molecule has 1 amide bonds. The van der Waals surface area contributed by atoms with Crippen LogP contribution in [-0.2, 0) is 14.9 Å². The number of carbonyl (C=O) groups is 2. The first-order valence-electron chi connectivity index (χ1n) is 9.43. The minimum absolute atomic E-state index is 0.156. The summed E-state index contributed by atoms with van der Waals surface area (Å²) in [5.41, 5.74) is 0.854. The number of methoxy groups -OCH3 is 1. The molecule has 0 saturated heterocycles. The number of ether oxygens (including phenoxy) is 2. The molecule has 0 bridgehead atoms. The lowest BCUT2D eigenvalue weighted by atomic mass is 9.78. The van der Waals surface area contributed by atoms with Crippen molar-refractivity contribution < 1.29 is 23.5 Å². The maximum atomic E-state index is 13.3. The monoisotopic (exact) mass is 385 g/mol. The normalized spacial score (nSPS) is 15.1. The molecule has 5 nitrogen and oxygen atoms in total. The smallest absolute Gasteiger partial charge is 0.341 e. The summed E-state index contributed by atoms with van der Waals surface area (Å²) in [6.07, 6.45) is 3.26. The molecule has 0 unspecified atom stereocenters. The number of hydrogen-bond acceptors (Lipinski definition) is 4. The molecular weight excluding hydrogens is 361 g/mol. The molecule has 1 aliphatic rings. The highest BCUT2D eigenvalue weighted by atomic mass is 19.1. The number of anilines is 1. The summed E-state index contributed by atoms with van der Waals surface area (Å²) in [5.74, 6) is -0.613. The highest BCUT2D eigenvalue weighted by Crippen LogP contribution is 2.42. The Hall–Kier alpha value is -2.89. The molecule has 2 aromatic carbocycles. The van der Waals surface area contributed by atoms with Crippen molar-refractivity contribution in [2.45, 2.75) is 38.0 Å². The molecule has 1 saturated carbocycles. The lowest BCUT2D eigenvalue weighted by molar-refractivity contribution is -0.121. The number of benzene rings is 2. The Morgan fingerprint density at radius 3 is 2.39 bits per heavy atom. The van der Waals surface area contributed by atoms with Crippen molar-refractivity contribution in [2.75, 3.05) is 19.0 Å². The number of carbonyl (C=O) groups excluding carboxylic acids is 2. The number of amides is 1. The number of hydrogen-bond donors (Lipinski definition) is 1. The van der Waals surface area contributed by atoms with E-state index < -0.39 is 11.4 Å². The maximum Gasteiger partial charge on any atom is 0.341 e. The summed E-state index contributed by atoms with van der Waals surface area (Å²) >= 11 is 0. The van der Waals surface area contributed by atoms with Gasteiger partial charge in [-0.15, -0.1) is 0 Å². The Morgan fingerprint density at radius 1 is 1.11 bits per heavy atom. The molecule has 0 spiro atoms. The van der Waals surface area contributed by atoms with Crippen LogP contribution in [0.4, 0.5) is 10.1 Å². The van der Waals surface area contributed by atoms with Gasteiger partial charge in [-0.1, -0.05) is 25.0 Å². The molecule has 0 atom stereocenters. The average molecular weight is 385 g/mol. The van der Waals surface area contributed by atoms with Gasteiger partial charge in [-0.05, 0) is 55.7 Å². The third-order valence-corrected chi connectivity index (χ3v) is 5.24. The molecule has 0 heterocycles. The van der Waals surface area contributed by atoms with E-state index in [1.165, 1.54) is 19.2 Å². The Kier molecular flexibility index (Phi) is 5.97. The van der Waals surface area contributed by atoms with Gasteiger partial charge in [-0.25, -0.2) is 9.18 Å². The molecule has 28 heavy (non-hydrogen) atoms. The number of rotatable bonds is 6. The molecule has 6 heteroatoms. The minimum atomic E-state index is -0.697. The van der Waals surface area contributed by atoms with Crippen LogP contribution >= 0.6 is 0 Å². The third kappa shape index (κ3) is 3.86. The van der Waals surface area contributed by atoms with E-state index in [9.17, 15) is 14.0 Å². The first kappa shape index (κ1) is 19.9. The molecule has 3 rings (SSSR count). The van der Waals surface area contributed by atoms with E-state index in [2.05, 4.69) is 5.32 Å². The molecule has 148 valence electrons. The standard InChI is InChI=1S/C22H24FNO4/c1-3-28-20(25)18-14-17(10-11-19(18)27-2)24-21(26)22(12-4-5-13-22)15-6-8-16(23)9-7-15/h6-11,14H,3-5,12-13H2,1-2H3,(H,24,26). The number of esters is 1. The number of nitrogens with one attached hydrogen (secondary N) is 1. The van der Waals surface area contributed by atoms with Crippen LogP contribution in [0.25, 0.3) is 0 Å². The molecule has 2 aromatic rings. The van der Waals surface area contributed by atoms with E-state index in [4.69, 9.17) is 9.47 Å². The van der Waals surface area contributed by atoms with Gasteiger partial charge in [0.15, 0.2) is 0 Å². The summed E-state index contributed by atoms with van der Waals surface area (Å²) in [6, 6.07) is 11.0. The van der Waals surface area contributed by atoms with Crippen LogP contribution in [0.2, 0.25) is 0 Å². The minimum Gasteiger partial charge on any atom is -0.496 e. The van der Waals surface area contributed by atoms with E-state index in [-0.39, 0.29) is 23.9 Å². The van der Waals surface area contributed by atoms with Crippen molar-refractivity contribution in [3.05, 3.63) is 59.4 Å². The first-order chi connectivity index (χ1) is 13.5. The van der Waals surface area contributed by atoms with Crippen molar-refractivity contribution in [3.8, 4) is 5.75 Å². The second kappa shape index (κ2) is 8.42. The van der Waals surface area contributed by atoms with Crippen LogP contribution in [0.3, 0.4) is 0 Å². The van der Waals surface area contributed by atoms with Crippen LogP contribution in [0.5, 0.6) is 5.75 Å². The van der Waals surface area contributed by atoms with E-state index in [1.807, 2.05) is 0 Å². The van der Waals surface area contributed by atoms with Gasteiger partial charge in [0.1, 0.15) is 17.1 Å². The summed E-state index contributed by atoms with van der Waals surface area (Å²) in [6.45, 7) is 1.97. The van der Waals surface area contributed by atoms with Crippen LogP contribution in [0.15, 0.2) is 42.5 Å². The predicted molar refractivity (Wildman–Crippen MR) is 104 cm³/mol. The highest BCUT2D eigenvalue weighted by Gasteiger charge is 2.42. The predicted octanol–water partition coefficient (Wildman–Crippen LogP) is 4.46. The number of halogens is 1. The molecular formula is C22H24FNO4. The lowest BCUT2D eigenvalue weighted by Gasteiger charge is -2.28. The van der Waals surface area contributed by atoms with Crippen LogP contribution in [0, 0.1) is 5.82 Å². The Balaban J connectivity index is 1.89. The van der Waals surface area contributed by atoms with Crippen molar-refractivity contribution >= 4 is 17.6 Å². The fourth-order valence-corrected chi connectivity index (χ4v) is 3.80. The van der Waals surface area contributed by atoms with Crippen LogP contribution < -0.4 is 10.1 Å². The SMILES string of the molecule is CCOC(=O)c1cc(NC(=O)C2(c3ccc(F)cc3)CCCC2)ccc1OC. The van der Waals surface area contributed by atoms with Gasteiger partial charge in [-0.3, -0.25) is 4.79 Å². The quantitative estimate of drug-likeness (QED) is 0.746. The average Bonchev–Trinajstić information content (AvgIpc) is 3.20. The van der Waals surface area contributed by atoms with E-state index >= 15 is 0 Å².